The van der Waals surface area contributed by atoms with E-state index in [4.69, 9.17) is 0 Å². The highest BCUT2D eigenvalue weighted by Gasteiger charge is 2.15. The molecule has 1 aliphatic rings. The van der Waals surface area contributed by atoms with Gasteiger partial charge in [0.15, 0.2) is 0 Å². The summed E-state index contributed by atoms with van der Waals surface area (Å²) < 4.78 is 0. The molecule has 0 amide bonds. The Bertz CT molecular complexity index is 428. The molecule has 1 fully saturated rings. The van der Waals surface area contributed by atoms with Crippen LogP contribution in [0.2, 0.25) is 0 Å². The van der Waals surface area contributed by atoms with Gasteiger partial charge in [0, 0.05) is 0 Å². The van der Waals surface area contributed by atoms with Crippen molar-refractivity contribution in [3.8, 4) is 0 Å². The fourth-order valence-corrected chi connectivity index (χ4v) is 4.42. The van der Waals surface area contributed by atoms with E-state index in [0.717, 1.165) is 14.1 Å². The van der Waals surface area contributed by atoms with E-state index in [1.165, 1.54) is 43.9 Å². The molecular formula is C15H19P. The number of benzene rings is 1. The van der Waals surface area contributed by atoms with Gasteiger partial charge in [0.05, 0.1) is 0 Å². The van der Waals surface area contributed by atoms with E-state index < -0.39 is 0 Å². The van der Waals surface area contributed by atoms with Crippen LogP contribution in [0.25, 0.3) is 10.5 Å². The van der Waals surface area contributed by atoms with Gasteiger partial charge in [0.2, 0.25) is 0 Å². The van der Waals surface area contributed by atoms with Crippen molar-refractivity contribution in [3.63, 3.8) is 0 Å². The summed E-state index contributed by atoms with van der Waals surface area (Å²) in [7, 11) is 0.960. The van der Waals surface area contributed by atoms with Gasteiger partial charge in [-0.3, -0.25) is 0 Å². The molecule has 0 aliphatic heterocycles. The Morgan fingerprint density at radius 3 is 2.44 bits per heavy atom. The number of rotatable bonds is 1. The Labute approximate surface area is 99.1 Å². The third kappa shape index (κ3) is 2.04. The molecule has 0 nitrogen and oxygen atoms in total. The first-order valence-electron chi connectivity index (χ1n) is 6.51. The lowest BCUT2D eigenvalue weighted by molar-refractivity contribution is 0.602. The molecule has 1 heterocycles. The molecule has 1 unspecified atom stereocenters. The predicted molar refractivity (Wildman–Crippen MR) is 73.9 cm³/mol. The number of hydrogen-bond acceptors (Lipinski definition) is 0. The first-order valence-corrected chi connectivity index (χ1v) is 7.51. The molecule has 0 radical (unpaired) electrons. The van der Waals surface area contributed by atoms with Crippen LogP contribution in [-0.2, 0) is 0 Å². The summed E-state index contributed by atoms with van der Waals surface area (Å²) in [6.07, 6.45) is 8.69. The van der Waals surface area contributed by atoms with E-state index in [1.807, 2.05) is 0 Å². The second-order valence-corrected chi connectivity index (χ2v) is 6.37. The average molecular weight is 230 g/mol. The second kappa shape index (κ2) is 4.63. The van der Waals surface area contributed by atoms with E-state index in [2.05, 4.69) is 30.3 Å². The van der Waals surface area contributed by atoms with E-state index >= 15 is 0 Å². The molecule has 1 aromatic heterocycles. The van der Waals surface area contributed by atoms with Crippen LogP contribution in [0.4, 0.5) is 0 Å². The molecular weight excluding hydrogens is 211 g/mol. The maximum Gasteiger partial charge on any atom is -0.00155 e. The minimum Gasteiger partial charge on any atom is -0.128 e. The highest BCUT2D eigenvalue weighted by molar-refractivity contribution is 7.38. The smallest absolute Gasteiger partial charge is 0.00155 e. The van der Waals surface area contributed by atoms with Crippen LogP contribution >= 0.6 is 8.19 Å². The highest BCUT2D eigenvalue weighted by atomic mass is 31.0. The topological polar surface area (TPSA) is 0 Å². The van der Waals surface area contributed by atoms with Crippen molar-refractivity contribution in [2.75, 3.05) is 0 Å². The molecule has 0 bridgehead atoms. The Morgan fingerprint density at radius 2 is 1.69 bits per heavy atom. The summed E-state index contributed by atoms with van der Waals surface area (Å²) in [6, 6.07) is 11.4. The average Bonchev–Trinajstić information content (AvgIpc) is 2.56. The van der Waals surface area contributed by atoms with Gasteiger partial charge in [-0.2, -0.15) is 0 Å². The third-order valence-electron chi connectivity index (χ3n) is 3.85. The molecule has 16 heavy (non-hydrogen) atoms. The van der Waals surface area contributed by atoms with Gasteiger partial charge >= 0.3 is 0 Å². The van der Waals surface area contributed by atoms with Crippen molar-refractivity contribution in [1.82, 2.24) is 0 Å². The van der Waals surface area contributed by atoms with Crippen LogP contribution in [0, 0.1) is 0 Å². The zero-order chi connectivity index (χ0) is 10.8. The van der Waals surface area contributed by atoms with Crippen LogP contribution in [0.1, 0.15) is 49.7 Å². The molecule has 0 spiro atoms. The molecule has 1 atom stereocenters. The fourth-order valence-electron chi connectivity index (χ4n) is 2.91. The summed E-state index contributed by atoms with van der Waals surface area (Å²) in [5, 5.41) is 4.80. The van der Waals surface area contributed by atoms with Gasteiger partial charge in [-0.15, -0.1) is 8.19 Å². The lowest BCUT2D eigenvalue weighted by Crippen LogP contribution is -1.92. The monoisotopic (exact) mass is 230 g/mol. The molecule has 1 saturated carbocycles. The van der Waals surface area contributed by atoms with Crippen molar-refractivity contribution in [2.24, 2.45) is 0 Å². The van der Waals surface area contributed by atoms with E-state index in [0.29, 0.717) is 0 Å². The maximum absolute atomic E-state index is 2.48. The van der Waals surface area contributed by atoms with Gasteiger partial charge in [-0.05, 0) is 40.6 Å². The fraction of sp³-hybridized carbons (Fsp3) is 0.467. The van der Waals surface area contributed by atoms with Gasteiger partial charge in [-0.1, -0.05) is 49.9 Å². The summed E-state index contributed by atoms with van der Waals surface area (Å²) in [6.45, 7) is 0. The SMILES string of the molecule is c1ccc2[pH]c(C3CCCCCC3)cc2c1. The molecule has 0 N–H and O–H groups in total. The normalized spacial score (nSPS) is 19.2. The third-order valence-corrected chi connectivity index (χ3v) is 5.41. The van der Waals surface area contributed by atoms with Crippen molar-refractivity contribution in [3.05, 3.63) is 35.6 Å². The summed E-state index contributed by atoms with van der Waals surface area (Å²) in [5.74, 6) is 0.897. The van der Waals surface area contributed by atoms with Crippen molar-refractivity contribution in [1.29, 1.82) is 0 Å². The molecule has 1 heteroatoms. The minimum absolute atomic E-state index is 0.897. The molecule has 84 valence electrons. The van der Waals surface area contributed by atoms with Crippen molar-refractivity contribution >= 4 is 18.7 Å². The summed E-state index contributed by atoms with van der Waals surface area (Å²) in [4.78, 5) is 0. The van der Waals surface area contributed by atoms with E-state index in [1.54, 1.807) is 10.4 Å². The number of hydrogen-bond donors (Lipinski definition) is 0. The first-order chi connectivity index (χ1) is 7.93. The predicted octanol–water partition coefficient (Wildman–Crippen LogP) is 5.31. The first kappa shape index (κ1) is 10.4. The zero-order valence-corrected chi connectivity index (χ0v) is 10.7. The van der Waals surface area contributed by atoms with E-state index in [-0.39, 0.29) is 0 Å². The largest absolute Gasteiger partial charge is 0.128 e. The molecule has 1 aromatic carbocycles. The Balaban J connectivity index is 1.92. The minimum atomic E-state index is 0.897. The van der Waals surface area contributed by atoms with Crippen molar-refractivity contribution in [2.45, 2.75) is 44.4 Å². The Kier molecular flexibility index (Phi) is 3.02. The lowest BCUT2D eigenvalue weighted by atomic mass is 9.98. The quantitative estimate of drug-likeness (QED) is 0.582. The highest BCUT2D eigenvalue weighted by Crippen LogP contribution is 2.40. The Hall–Kier alpha value is -0.740. The second-order valence-electron chi connectivity index (χ2n) is 5.00. The van der Waals surface area contributed by atoms with Crippen LogP contribution in [0.15, 0.2) is 30.3 Å². The standard InChI is InChI=1S/C15H19P/c1-2-4-8-12(7-3-1)15-11-13-9-5-6-10-14(13)16-15/h5-6,9-12,16H,1-4,7-8H2. The molecule has 3 rings (SSSR count). The van der Waals surface area contributed by atoms with Gasteiger partial charge in [0.25, 0.3) is 0 Å². The van der Waals surface area contributed by atoms with Gasteiger partial charge in [0.1, 0.15) is 0 Å². The summed E-state index contributed by atoms with van der Waals surface area (Å²) >= 11 is 0. The molecule has 0 saturated heterocycles. The van der Waals surface area contributed by atoms with E-state index in [9.17, 15) is 0 Å². The molecule has 1 aliphatic carbocycles. The van der Waals surface area contributed by atoms with Gasteiger partial charge in [-0.25, -0.2) is 0 Å². The maximum atomic E-state index is 2.48. The Morgan fingerprint density at radius 1 is 0.938 bits per heavy atom. The lowest BCUT2D eigenvalue weighted by Gasteiger charge is -2.11. The molecule has 2 aromatic rings. The van der Waals surface area contributed by atoms with Gasteiger partial charge < -0.3 is 0 Å². The van der Waals surface area contributed by atoms with Crippen LogP contribution in [0.5, 0.6) is 0 Å². The van der Waals surface area contributed by atoms with Crippen LogP contribution in [-0.4, -0.2) is 0 Å². The van der Waals surface area contributed by atoms with Crippen LogP contribution in [0.3, 0.4) is 0 Å². The number of fused-ring (bicyclic) bond motifs is 1. The zero-order valence-electron chi connectivity index (χ0n) is 9.71. The van der Waals surface area contributed by atoms with Crippen molar-refractivity contribution < 1.29 is 0 Å². The summed E-state index contributed by atoms with van der Waals surface area (Å²) in [5.41, 5.74) is 0. The van der Waals surface area contributed by atoms with Crippen LogP contribution < -0.4 is 0 Å².